The van der Waals surface area contributed by atoms with Gasteiger partial charge in [-0.15, -0.1) is 11.3 Å². The Bertz CT molecular complexity index is 594. The Morgan fingerprint density at radius 2 is 1.85 bits per heavy atom. The zero-order chi connectivity index (χ0) is 14.7. The fourth-order valence-corrected chi connectivity index (χ4v) is 2.94. The Balaban J connectivity index is 2.38. The van der Waals surface area contributed by atoms with E-state index >= 15 is 0 Å². The molecule has 5 heteroatoms. The number of aromatic nitrogens is 1. The van der Waals surface area contributed by atoms with Crippen molar-refractivity contribution in [2.75, 3.05) is 19.5 Å². The van der Waals surface area contributed by atoms with Gasteiger partial charge in [-0.1, -0.05) is 0 Å². The smallest absolute Gasteiger partial charge is 0.183 e. The van der Waals surface area contributed by atoms with Crippen LogP contribution in [0, 0.1) is 6.92 Å². The summed E-state index contributed by atoms with van der Waals surface area (Å²) in [6.45, 7) is 6.29. The quantitative estimate of drug-likeness (QED) is 0.906. The molecule has 0 radical (unpaired) electrons. The van der Waals surface area contributed by atoms with Gasteiger partial charge in [0.2, 0.25) is 0 Å². The van der Waals surface area contributed by atoms with E-state index in [0.29, 0.717) is 6.04 Å². The standard InChI is InChI=1S/C15H20N2O2S/c1-9(2)16-15-17-14(10(3)20-15)11-6-7-12(18-4)13(8-11)19-5/h6-9H,1-5H3,(H,16,17). The number of hydrogen-bond acceptors (Lipinski definition) is 5. The Morgan fingerprint density at radius 3 is 2.45 bits per heavy atom. The van der Waals surface area contributed by atoms with Crippen LogP contribution in [0.2, 0.25) is 0 Å². The molecule has 1 aromatic heterocycles. The molecule has 0 amide bonds. The monoisotopic (exact) mass is 292 g/mol. The zero-order valence-electron chi connectivity index (χ0n) is 12.5. The highest BCUT2D eigenvalue weighted by Gasteiger charge is 2.13. The Kier molecular flexibility index (Phi) is 4.49. The number of aryl methyl sites for hydroxylation is 1. The van der Waals surface area contributed by atoms with Crippen molar-refractivity contribution in [3.05, 3.63) is 23.1 Å². The third kappa shape index (κ3) is 3.04. The summed E-state index contributed by atoms with van der Waals surface area (Å²) in [4.78, 5) is 5.84. The molecule has 108 valence electrons. The summed E-state index contributed by atoms with van der Waals surface area (Å²) < 4.78 is 10.6. The van der Waals surface area contributed by atoms with Gasteiger partial charge in [0.25, 0.3) is 0 Å². The number of hydrogen-bond donors (Lipinski definition) is 1. The number of benzene rings is 1. The van der Waals surface area contributed by atoms with Crippen LogP contribution in [0.3, 0.4) is 0 Å². The summed E-state index contributed by atoms with van der Waals surface area (Å²) in [6.07, 6.45) is 0. The lowest BCUT2D eigenvalue weighted by Gasteiger charge is -2.09. The molecule has 1 heterocycles. The molecule has 1 aromatic carbocycles. The van der Waals surface area contributed by atoms with Crippen LogP contribution in [0.1, 0.15) is 18.7 Å². The number of ether oxygens (including phenoxy) is 2. The maximum Gasteiger partial charge on any atom is 0.183 e. The summed E-state index contributed by atoms with van der Waals surface area (Å²) in [5.41, 5.74) is 2.02. The number of rotatable bonds is 5. The van der Waals surface area contributed by atoms with Crippen LogP contribution in [0.5, 0.6) is 11.5 Å². The van der Waals surface area contributed by atoms with Crippen molar-refractivity contribution in [1.29, 1.82) is 0 Å². The van der Waals surface area contributed by atoms with E-state index in [1.807, 2.05) is 18.2 Å². The minimum Gasteiger partial charge on any atom is -0.493 e. The number of nitrogens with one attached hydrogen (secondary N) is 1. The molecule has 0 spiro atoms. The molecule has 4 nitrogen and oxygen atoms in total. The van der Waals surface area contributed by atoms with Gasteiger partial charge < -0.3 is 14.8 Å². The molecule has 0 unspecified atom stereocenters. The van der Waals surface area contributed by atoms with Crippen LogP contribution in [0.15, 0.2) is 18.2 Å². The second-order valence-electron chi connectivity index (χ2n) is 4.79. The van der Waals surface area contributed by atoms with E-state index < -0.39 is 0 Å². The minimum atomic E-state index is 0.374. The van der Waals surface area contributed by atoms with Gasteiger partial charge in [-0.05, 0) is 39.0 Å². The first-order valence-electron chi connectivity index (χ1n) is 6.51. The first-order valence-corrected chi connectivity index (χ1v) is 7.33. The molecule has 0 atom stereocenters. The lowest BCUT2D eigenvalue weighted by molar-refractivity contribution is 0.355. The molecule has 0 aliphatic heterocycles. The highest BCUT2D eigenvalue weighted by molar-refractivity contribution is 7.16. The fraction of sp³-hybridized carbons (Fsp3) is 0.400. The van der Waals surface area contributed by atoms with Crippen molar-refractivity contribution in [2.45, 2.75) is 26.8 Å². The zero-order valence-corrected chi connectivity index (χ0v) is 13.3. The van der Waals surface area contributed by atoms with Crippen molar-refractivity contribution in [3.8, 4) is 22.8 Å². The summed E-state index contributed by atoms with van der Waals surface area (Å²) in [7, 11) is 3.28. The van der Waals surface area contributed by atoms with E-state index in [1.54, 1.807) is 25.6 Å². The second-order valence-corrected chi connectivity index (χ2v) is 6.00. The Hall–Kier alpha value is -1.75. The van der Waals surface area contributed by atoms with E-state index in [-0.39, 0.29) is 0 Å². The van der Waals surface area contributed by atoms with Crippen LogP contribution in [0.4, 0.5) is 5.13 Å². The molecule has 0 saturated carbocycles. The molecule has 0 saturated heterocycles. The molecule has 0 bridgehead atoms. The second kappa shape index (κ2) is 6.13. The van der Waals surface area contributed by atoms with Gasteiger partial charge in [0.1, 0.15) is 0 Å². The SMILES string of the molecule is COc1ccc(-c2nc(NC(C)C)sc2C)cc1OC. The van der Waals surface area contributed by atoms with Gasteiger partial charge in [0.15, 0.2) is 16.6 Å². The Labute approximate surface area is 123 Å². The van der Waals surface area contributed by atoms with Gasteiger partial charge in [0.05, 0.1) is 19.9 Å². The number of anilines is 1. The number of methoxy groups -OCH3 is 2. The number of thiazole rings is 1. The molecule has 2 rings (SSSR count). The molecule has 1 N–H and O–H groups in total. The van der Waals surface area contributed by atoms with Crippen molar-refractivity contribution >= 4 is 16.5 Å². The van der Waals surface area contributed by atoms with Gasteiger partial charge in [0, 0.05) is 16.5 Å². The minimum absolute atomic E-state index is 0.374. The topological polar surface area (TPSA) is 43.4 Å². The molecule has 0 aliphatic carbocycles. The highest BCUT2D eigenvalue weighted by Crippen LogP contribution is 2.36. The van der Waals surface area contributed by atoms with Crippen LogP contribution in [-0.4, -0.2) is 25.2 Å². The average Bonchev–Trinajstić information content (AvgIpc) is 2.77. The third-order valence-electron chi connectivity index (χ3n) is 2.87. The molecular weight excluding hydrogens is 272 g/mol. The summed E-state index contributed by atoms with van der Waals surface area (Å²) in [6, 6.07) is 6.24. The summed E-state index contributed by atoms with van der Waals surface area (Å²) in [5, 5.41) is 4.28. The molecule has 2 aromatic rings. The number of nitrogens with zero attached hydrogens (tertiary/aromatic N) is 1. The first kappa shape index (κ1) is 14.7. The van der Waals surface area contributed by atoms with Crippen LogP contribution >= 0.6 is 11.3 Å². The Morgan fingerprint density at radius 1 is 1.15 bits per heavy atom. The van der Waals surface area contributed by atoms with E-state index in [1.165, 1.54) is 4.88 Å². The lowest BCUT2D eigenvalue weighted by Crippen LogP contribution is -2.08. The molecule has 0 fully saturated rings. The predicted molar refractivity (Wildman–Crippen MR) is 84.1 cm³/mol. The average molecular weight is 292 g/mol. The van der Waals surface area contributed by atoms with Gasteiger partial charge in [-0.25, -0.2) is 4.98 Å². The fourth-order valence-electron chi connectivity index (χ4n) is 1.96. The normalized spacial score (nSPS) is 10.7. The van der Waals surface area contributed by atoms with Crippen LogP contribution < -0.4 is 14.8 Å². The van der Waals surface area contributed by atoms with E-state index in [9.17, 15) is 0 Å². The van der Waals surface area contributed by atoms with E-state index in [4.69, 9.17) is 9.47 Å². The van der Waals surface area contributed by atoms with Gasteiger partial charge in [-0.3, -0.25) is 0 Å². The maximum atomic E-state index is 5.34. The largest absolute Gasteiger partial charge is 0.493 e. The molecule has 0 aliphatic rings. The van der Waals surface area contributed by atoms with Gasteiger partial charge >= 0.3 is 0 Å². The van der Waals surface area contributed by atoms with Crippen molar-refractivity contribution in [3.63, 3.8) is 0 Å². The van der Waals surface area contributed by atoms with Crippen molar-refractivity contribution < 1.29 is 9.47 Å². The van der Waals surface area contributed by atoms with E-state index in [2.05, 4.69) is 31.1 Å². The predicted octanol–water partition coefficient (Wildman–Crippen LogP) is 3.96. The third-order valence-corrected chi connectivity index (χ3v) is 3.77. The molecule has 20 heavy (non-hydrogen) atoms. The van der Waals surface area contributed by atoms with Crippen molar-refractivity contribution in [1.82, 2.24) is 4.98 Å². The lowest BCUT2D eigenvalue weighted by atomic mass is 10.1. The summed E-state index contributed by atoms with van der Waals surface area (Å²) >= 11 is 1.67. The van der Waals surface area contributed by atoms with Gasteiger partial charge in [-0.2, -0.15) is 0 Å². The van der Waals surface area contributed by atoms with E-state index in [0.717, 1.165) is 27.9 Å². The first-order chi connectivity index (χ1) is 9.55. The van der Waals surface area contributed by atoms with Crippen LogP contribution in [0.25, 0.3) is 11.3 Å². The van der Waals surface area contributed by atoms with Crippen LogP contribution in [-0.2, 0) is 0 Å². The highest BCUT2D eigenvalue weighted by atomic mass is 32.1. The summed E-state index contributed by atoms with van der Waals surface area (Å²) in [5.74, 6) is 1.44. The molecular formula is C15H20N2O2S. The van der Waals surface area contributed by atoms with Crippen molar-refractivity contribution in [2.24, 2.45) is 0 Å². The maximum absolute atomic E-state index is 5.34.